The highest BCUT2D eigenvalue weighted by molar-refractivity contribution is 7.10. The summed E-state index contributed by atoms with van der Waals surface area (Å²) in [7, 11) is 0. The van der Waals surface area contributed by atoms with E-state index < -0.39 is 0 Å². The summed E-state index contributed by atoms with van der Waals surface area (Å²) in [6.45, 7) is 3.39. The molecule has 1 aromatic carbocycles. The quantitative estimate of drug-likeness (QED) is 0.811. The van der Waals surface area contributed by atoms with E-state index >= 15 is 0 Å². The minimum Gasteiger partial charge on any atom is -0.307 e. The van der Waals surface area contributed by atoms with Gasteiger partial charge in [0.15, 0.2) is 0 Å². The second kappa shape index (κ2) is 6.11. The molecule has 3 rings (SSSR count). The molecule has 1 nitrogen and oxygen atoms in total. The fourth-order valence-electron chi connectivity index (χ4n) is 3.06. The maximum Gasteiger partial charge on any atom is 0.0304 e. The maximum absolute atomic E-state index is 3.79. The summed E-state index contributed by atoms with van der Waals surface area (Å²) in [5.41, 5.74) is 3.02. The molecule has 0 unspecified atom stereocenters. The van der Waals surface area contributed by atoms with E-state index in [0.29, 0.717) is 5.54 Å². The van der Waals surface area contributed by atoms with Crippen molar-refractivity contribution >= 4 is 11.3 Å². The van der Waals surface area contributed by atoms with Crippen molar-refractivity contribution in [2.45, 2.75) is 51.1 Å². The first-order valence-corrected chi connectivity index (χ1v) is 8.51. The SMILES string of the molecule is CC1(NCc2cc(-c3ccccc3)cs2)CCCCC1. The van der Waals surface area contributed by atoms with Crippen LogP contribution in [-0.2, 0) is 6.54 Å². The standard InChI is InChI=1S/C18H23NS/c1-18(10-6-3-7-11-18)19-13-17-12-16(14-20-17)15-8-4-2-5-9-15/h2,4-5,8-9,12,14,19H,3,6-7,10-11,13H2,1H3. The van der Waals surface area contributed by atoms with Crippen LogP contribution in [0, 0.1) is 0 Å². The van der Waals surface area contributed by atoms with Gasteiger partial charge in [-0.2, -0.15) is 0 Å². The van der Waals surface area contributed by atoms with Crippen LogP contribution in [0.2, 0.25) is 0 Å². The average molecular weight is 285 g/mol. The van der Waals surface area contributed by atoms with Crippen molar-refractivity contribution in [3.05, 3.63) is 46.7 Å². The van der Waals surface area contributed by atoms with Crippen LogP contribution >= 0.6 is 11.3 Å². The van der Waals surface area contributed by atoms with Crippen LogP contribution in [0.3, 0.4) is 0 Å². The minimum atomic E-state index is 0.356. The molecule has 0 atom stereocenters. The first-order chi connectivity index (χ1) is 9.75. The monoisotopic (exact) mass is 285 g/mol. The van der Waals surface area contributed by atoms with Crippen molar-refractivity contribution in [1.82, 2.24) is 5.32 Å². The lowest BCUT2D eigenvalue weighted by atomic mass is 9.83. The molecule has 1 aliphatic carbocycles. The Balaban J connectivity index is 1.63. The van der Waals surface area contributed by atoms with Crippen LogP contribution in [0.15, 0.2) is 41.8 Å². The smallest absolute Gasteiger partial charge is 0.0304 e. The zero-order valence-corrected chi connectivity index (χ0v) is 13.0. The molecular formula is C18H23NS. The molecule has 106 valence electrons. The molecule has 1 N–H and O–H groups in total. The van der Waals surface area contributed by atoms with Gasteiger partial charge in [0.2, 0.25) is 0 Å². The molecule has 1 fully saturated rings. The third-order valence-electron chi connectivity index (χ3n) is 4.41. The Hall–Kier alpha value is -1.12. The van der Waals surface area contributed by atoms with Crippen molar-refractivity contribution in [1.29, 1.82) is 0 Å². The van der Waals surface area contributed by atoms with Gasteiger partial charge in [0.05, 0.1) is 0 Å². The van der Waals surface area contributed by atoms with E-state index in [0.717, 1.165) is 6.54 Å². The predicted molar refractivity (Wildman–Crippen MR) is 88.1 cm³/mol. The van der Waals surface area contributed by atoms with Crippen LogP contribution in [0.4, 0.5) is 0 Å². The third kappa shape index (κ3) is 3.31. The van der Waals surface area contributed by atoms with E-state index in [1.54, 1.807) is 0 Å². The van der Waals surface area contributed by atoms with Crippen LogP contribution in [0.1, 0.15) is 43.9 Å². The molecule has 0 amide bonds. The van der Waals surface area contributed by atoms with Crippen LogP contribution in [-0.4, -0.2) is 5.54 Å². The molecular weight excluding hydrogens is 262 g/mol. The van der Waals surface area contributed by atoms with Gasteiger partial charge in [-0.1, -0.05) is 49.6 Å². The number of nitrogens with one attached hydrogen (secondary N) is 1. The van der Waals surface area contributed by atoms with E-state index in [4.69, 9.17) is 0 Å². The van der Waals surface area contributed by atoms with E-state index in [9.17, 15) is 0 Å². The molecule has 0 bridgehead atoms. The lowest BCUT2D eigenvalue weighted by Crippen LogP contribution is -2.43. The van der Waals surface area contributed by atoms with E-state index in [1.807, 2.05) is 11.3 Å². The second-order valence-corrected chi connectivity index (χ2v) is 7.14. The Labute approximate surface area is 126 Å². The Morgan fingerprint density at radius 3 is 2.55 bits per heavy atom. The molecule has 0 aliphatic heterocycles. The van der Waals surface area contributed by atoms with Crippen molar-refractivity contribution < 1.29 is 0 Å². The summed E-state index contributed by atoms with van der Waals surface area (Å²) in [5, 5.41) is 6.06. The largest absolute Gasteiger partial charge is 0.307 e. The van der Waals surface area contributed by atoms with Gasteiger partial charge >= 0.3 is 0 Å². The summed E-state index contributed by atoms with van der Waals surface area (Å²) in [6.07, 6.45) is 6.81. The number of thiophene rings is 1. The van der Waals surface area contributed by atoms with Crippen molar-refractivity contribution in [2.24, 2.45) is 0 Å². The summed E-state index contributed by atoms with van der Waals surface area (Å²) < 4.78 is 0. The van der Waals surface area contributed by atoms with Gasteiger partial charge in [-0.05, 0) is 42.3 Å². The van der Waals surface area contributed by atoms with E-state index in [-0.39, 0.29) is 0 Å². The molecule has 2 heteroatoms. The molecule has 0 spiro atoms. The minimum absolute atomic E-state index is 0.356. The number of hydrogen-bond acceptors (Lipinski definition) is 2. The molecule has 0 saturated heterocycles. The zero-order chi connectivity index (χ0) is 13.8. The number of benzene rings is 1. The van der Waals surface area contributed by atoms with Crippen LogP contribution < -0.4 is 5.32 Å². The van der Waals surface area contributed by atoms with Gasteiger partial charge in [-0.25, -0.2) is 0 Å². The maximum atomic E-state index is 3.79. The molecule has 1 aromatic heterocycles. The highest BCUT2D eigenvalue weighted by atomic mass is 32.1. The Kier molecular flexibility index (Phi) is 4.23. The van der Waals surface area contributed by atoms with Gasteiger partial charge in [0, 0.05) is 17.0 Å². The highest BCUT2D eigenvalue weighted by Crippen LogP contribution is 2.29. The van der Waals surface area contributed by atoms with Crippen molar-refractivity contribution in [3.63, 3.8) is 0 Å². The van der Waals surface area contributed by atoms with Gasteiger partial charge in [0.25, 0.3) is 0 Å². The molecule has 1 saturated carbocycles. The Bertz CT molecular complexity index is 538. The van der Waals surface area contributed by atoms with Crippen molar-refractivity contribution in [2.75, 3.05) is 0 Å². The first-order valence-electron chi connectivity index (χ1n) is 7.63. The molecule has 1 aliphatic rings. The number of rotatable bonds is 4. The summed E-state index contributed by atoms with van der Waals surface area (Å²) in [4.78, 5) is 1.44. The zero-order valence-electron chi connectivity index (χ0n) is 12.2. The fraction of sp³-hybridized carbons (Fsp3) is 0.444. The summed E-state index contributed by atoms with van der Waals surface area (Å²) in [5.74, 6) is 0. The summed E-state index contributed by atoms with van der Waals surface area (Å²) in [6, 6.07) is 13.0. The third-order valence-corrected chi connectivity index (χ3v) is 5.34. The highest BCUT2D eigenvalue weighted by Gasteiger charge is 2.25. The van der Waals surface area contributed by atoms with E-state index in [2.05, 4.69) is 54.0 Å². The molecule has 20 heavy (non-hydrogen) atoms. The normalized spacial score (nSPS) is 18.1. The molecule has 1 heterocycles. The average Bonchev–Trinajstić information content (AvgIpc) is 2.96. The fourth-order valence-corrected chi connectivity index (χ4v) is 3.90. The van der Waals surface area contributed by atoms with Gasteiger partial charge in [-0.15, -0.1) is 11.3 Å². The van der Waals surface area contributed by atoms with Gasteiger partial charge < -0.3 is 5.32 Å². The lowest BCUT2D eigenvalue weighted by Gasteiger charge is -2.34. The molecule has 2 aromatic rings. The van der Waals surface area contributed by atoms with Crippen LogP contribution in [0.25, 0.3) is 11.1 Å². The lowest BCUT2D eigenvalue weighted by molar-refractivity contribution is 0.253. The Morgan fingerprint density at radius 2 is 1.80 bits per heavy atom. The predicted octanol–water partition coefficient (Wildman–Crippen LogP) is 5.23. The van der Waals surface area contributed by atoms with Gasteiger partial charge in [-0.3, -0.25) is 0 Å². The van der Waals surface area contributed by atoms with Crippen LogP contribution in [0.5, 0.6) is 0 Å². The molecule has 0 radical (unpaired) electrons. The second-order valence-electron chi connectivity index (χ2n) is 6.14. The number of hydrogen-bond donors (Lipinski definition) is 1. The first kappa shape index (κ1) is 13.8. The van der Waals surface area contributed by atoms with E-state index in [1.165, 1.54) is 48.1 Å². The van der Waals surface area contributed by atoms with Crippen molar-refractivity contribution in [3.8, 4) is 11.1 Å². The Morgan fingerprint density at radius 1 is 1.05 bits per heavy atom. The summed E-state index contributed by atoms with van der Waals surface area (Å²) >= 11 is 1.87. The topological polar surface area (TPSA) is 12.0 Å². The van der Waals surface area contributed by atoms with Gasteiger partial charge in [0.1, 0.15) is 0 Å².